The molecule has 0 bridgehead atoms. The second-order valence-corrected chi connectivity index (χ2v) is 5.87. The van der Waals surface area contributed by atoms with Gasteiger partial charge in [0.05, 0.1) is 0 Å². The van der Waals surface area contributed by atoms with Crippen LogP contribution >= 0.6 is 0 Å². The molecule has 18 heavy (non-hydrogen) atoms. The number of halogens is 6. The van der Waals surface area contributed by atoms with Crippen molar-refractivity contribution < 1.29 is 26.3 Å². The first-order chi connectivity index (χ1) is 8.29. The van der Waals surface area contributed by atoms with E-state index in [0.29, 0.717) is 12.8 Å². The van der Waals surface area contributed by atoms with Gasteiger partial charge in [0.25, 0.3) is 0 Å². The SMILES string of the molecule is FC1=C(F)[C@@]2(F)[C@@H]3CCCC[C@@H]3C3(F)C1(F)[C@]32F. The molecule has 4 aliphatic rings. The summed E-state index contributed by atoms with van der Waals surface area (Å²) in [5, 5.41) is 0. The van der Waals surface area contributed by atoms with E-state index in [1.165, 1.54) is 0 Å². The molecule has 4 rings (SSSR count). The maximum absolute atomic E-state index is 14.6. The Balaban J connectivity index is 2.00. The lowest BCUT2D eigenvalue weighted by Gasteiger charge is -2.34. The van der Waals surface area contributed by atoms with Crippen LogP contribution in [0.15, 0.2) is 11.7 Å². The third-order valence-corrected chi connectivity index (χ3v) is 5.52. The molecule has 0 N–H and O–H groups in total. The second-order valence-electron chi connectivity index (χ2n) is 5.87. The molecule has 3 saturated carbocycles. The molecule has 3 fully saturated rings. The first-order valence-corrected chi connectivity index (χ1v) is 6.11. The summed E-state index contributed by atoms with van der Waals surface area (Å²) in [4.78, 5) is 0. The van der Waals surface area contributed by atoms with Crippen molar-refractivity contribution in [2.75, 3.05) is 0 Å². The molecule has 2 unspecified atom stereocenters. The summed E-state index contributed by atoms with van der Waals surface area (Å²) < 4.78 is 84.8. The van der Waals surface area contributed by atoms with Crippen molar-refractivity contribution in [3.63, 3.8) is 0 Å². The van der Waals surface area contributed by atoms with Crippen LogP contribution in [0.5, 0.6) is 0 Å². The Morgan fingerprint density at radius 1 is 0.833 bits per heavy atom. The Kier molecular flexibility index (Phi) is 1.54. The van der Waals surface area contributed by atoms with Crippen molar-refractivity contribution in [1.29, 1.82) is 0 Å². The van der Waals surface area contributed by atoms with Crippen molar-refractivity contribution >= 4 is 0 Å². The molecule has 0 aliphatic heterocycles. The van der Waals surface area contributed by atoms with Crippen LogP contribution in [-0.2, 0) is 0 Å². The normalized spacial score (nSPS) is 65.0. The van der Waals surface area contributed by atoms with Crippen molar-refractivity contribution in [3.05, 3.63) is 11.7 Å². The molecule has 0 heterocycles. The van der Waals surface area contributed by atoms with Crippen LogP contribution in [0.4, 0.5) is 26.3 Å². The zero-order valence-electron chi connectivity index (χ0n) is 9.25. The average Bonchev–Trinajstić information content (AvgIpc) is 2.68. The van der Waals surface area contributed by atoms with Crippen LogP contribution in [0.25, 0.3) is 0 Å². The third kappa shape index (κ3) is 0.601. The zero-order chi connectivity index (χ0) is 13.1. The third-order valence-electron chi connectivity index (χ3n) is 5.52. The molecular weight excluding hydrogens is 258 g/mol. The fourth-order valence-electron chi connectivity index (χ4n) is 4.78. The summed E-state index contributed by atoms with van der Waals surface area (Å²) in [5.74, 6) is -6.83. The van der Waals surface area contributed by atoms with Crippen molar-refractivity contribution in [1.82, 2.24) is 0 Å². The summed E-state index contributed by atoms with van der Waals surface area (Å²) >= 11 is 0. The number of alkyl halides is 4. The van der Waals surface area contributed by atoms with E-state index in [9.17, 15) is 26.3 Å². The van der Waals surface area contributed by atoms with E-state index in [1.54, 1.807) is 0 Å². The fraction of sp³-hybridized carbons (Fsp3) is 0.833. The standard InChI is InChI=1S/C12H10F6/c13-7-8(14)11(17)10(16)6-4-2-1-3-5(6)9(7,15)12(10,11)18/h5-6H,1-4H2/t5-,6+,9+,10?,11?,12-/m1/s1. The minimum atomic E-state index is -3.74. The Hall–Kier alpha value is -0.680. The smallest absolute Gasteiger partial charge is 0.235 e. The molecule has 0 amide bonds. The molecule has 0 radical (unpaired) electrons. The Morgan fingerprint density at radius 3 is 2.00 bits per heavy atom. The highest BCUT2D eigenvalue weighted by molar-refractivity contribution is 5.66. The second kappa shape index (κ2) is 2.48. The van der Waals surface area contributed by atoms with Gasteiger partial charge in [-0.05, 0) is 12.8 Å². The molecule has 6 atom stereocenters. The van der Waals surface area contributed by atoms with E-state index in [0.717, 1.165) is 0 Å². The number of allylic oxidation sites excluding steroid dienone is 2. The molecule has 100 valence electrons. The molecule has 0 aromatic carbocycles. The number of rotatable bonds is 0. The van der Waals surface area contributed by atoms with E-state index in [-0.39, 0.29) is 12.8 Å². The number of hydrogen-bond acceptors (Lipinski definition) is 0. The molecular formula is C12H10F6. The van der Waals surface area contributed by atoms with Gasteiger partial charge < -0.3 is 0 Å². The van der Waals surface area contributed by atoms with Crippen LogP contribution in [0.2, 0.25) is 0 Å². The van der Waals surface area contributed by atoms with Crippen molar-refractivity contribution in [3.8, 4) is 0 Å². The van der Waals surface area contributed by atoms with Crippen LogP contribution in [0, 0.1) is 11.8 Å². The van der Waals surface area contributed by atoms with E-state index < -0.39 is 46.2 Å². The molecule has 0 saturated heterocycles. The molecule has 0 aromatic heterocycles. The van der Waals surface area contributed by atoms with Gasteiger partial charge in [0, 0.05) is 11.8 Å². The van der Waals surface area contributed by atoms with Gasteiger partial charge in [-0.1, -0.05) is 12.8 Å². The van der Waals surface area contributed by atoms with Crippen LogP contribution < -0.4 is 0 Å². The zero-order valence-corrected chi connectivity index (χ0v) is 9.25. The maximum atomic E-state index is 14.6. The van der Waals surface area contributed by atoms with Crippen LogP contribution in [0.3, 0.4) is 0 Å². The van der Waals surface area contributed by atoms with E-state index in [1.807, 2.05) is 0 Å². The van der Waals surface area contributed by atoms with Gasteiger partial charge in [0.2, 0.25) is 17.0 Å². The minimum absolute atomic E-state index is 0.0648. The Bertz CT molecular complexity index is 503. The van der Waals surface area contributed by atoms with E-state index >= 15 is 0 Å². The molecule has 6 heteroatoms. The van der Waals surface area contributed by atoms with Gasteiger partial charge in [-0.15, -0.1) is 0 Å². The van der Waals surface area contributed by atoms with Crippen LogP contribution in [-0.4, -0.2) is 22.7 Å². The van der Waals surface area contributed by atoms with E-state index in [2.05, 4.69) is 0 Å². The maximum Gasteiger partial charge on any atom is 0.242 e. The lowest BCUT2D eigenvalue weighted by atomic mass is 9.72. The van der Waals surface area contributed by atoms with Crippen molar-refractivity contribution in [2.24, 2.45) is 11.8 Å². The summed E-state index contributed by atoms with van der Waals surface area (Å²) in [6.45, 7) is 0. The van der Waals surface area contributed by atoms with Gasteiger partial charge in [-0.2, -0.15) is 0 Å². The van der Waals surface area contributed by atoms with Crippen molar-refractivity contribution in [2.45, 2.75) is 48.4 Å². The Morgan fingerprint density at radius 2 is 1.39 bits per heavy atom. The fourth-order valence-corrected chi connectivity index (χ4v) is 4.78. The highest BCUT2D eigenvalue weighted by atomic mass is 19.2. The topological polar surface area (TPSA) is 0 Å². The lowest BCUT2D eigenvalue weighted by Crippen LogP contribution is -2.44. The predicted octanol–water partition coefficient (Wildman–Crippen LogP) is 3.82. The van der Waals surface area contributed by atoms with Gasteiger partial charge in [0.1, 0.15) is 0 Å². The summed E-state index contributed by atoms with van der Waals surface area (Å²) in [7, 11) is 0. The Labute approximate surface area is 99.0 Å². The molecule has 0 spiro atoms. The molecule has 0 nitrogen and oxygen atoms in total. The quantitative estimate of drug-likeness (QED) is 0.586. The number of fused-ring (bicyclic) bond motifs is 4. The summed E-state index contributed by atoms with van der Waals surface area (Å²) in [5.41, 5.74) is -14.1. The monoisotopic (exact) mass is 268 g/mol. The van der Waals surface area contributed by atoms with Gasteiger partial charge in [-0.3, -0.25) is 0 Å². The number of hydrogen-bond donors (Lipinski definition) is 0. The predicted molar refractivity (Wildman–Crippen MR) is 50.0 cm³/mol. The average molecular weight is 268 g/mol. The minimum Gasteiger partial charge on any atom is -0.235 e. The molecule has 4 aliphatic carbocycles. The lowest BCUT2D eigenvalue weighted by molar-refractivity contribution is -0.0183. The van der Waals surface area contributed by atoms with E-state index in [4.69, 9.17) is 0 Å². The highest BCUT2D eigenvalue weighted by Gasteiger charge is 3.12. The summed E-state index contributed by atoms with van der Waals surface area (Å²) in [6.07, 6.45) is 1.13. The first-order valence-electron chi connectivity index (χ1n) is 6.11. The van der Waals surface area contributed by atoms with Crippen LogP contribution in [0.1, 0.15) is 25.7 Å². The first kappa shape index (κ1) is 11.2. The molecule has 0 aromatic rings. The van der Waals surface area contributed by atoms with Gasteiger partial charge >= 0.3 is 0 Å². The largest absolute Gasteiger partial charge is 0.242 e. The van der Waals surface area contributed by atoms with Gasteiger partial charge in [0.15, 0.2) is 17.3 Å². The summed E-state index contributed by atoms with van der Waals surface area (Å²) in [6, 6.07) is 0. The highest BCUT2D eigenvalue weighted by Crippen LogP contribution is 2.89. The van der Waals surface area contributed by atoms with Gasteiger partial charge in [-0.25, -0.2) is 26.3 Å².